The van der Waals surface area contributed by atoms with Gasteiger partial charge in [-0.2, -0.15) is 0 Å². The first kappa shape index (κ1) is 14.4. The molecule has 1 amide bonds. The molecule has 106 valence electrons. The van der Waals surface area contributed by atoms with E-state index in [0.717, 1.165) is 17.5 Å². The number of aryl methyl sites for hydroxylation is 1. The quantitative estimate of drug-likeness (QED) is 0.792. The van der Waals surface area contributed by atoms with Crippen LogP contribution in [0.15, 0.2) is 12.1 Å². The fourth-order valence-electron chi connectivity index (χ4n) is 2.36. The zero-order valence-corrected chi connectivity index (χ0v) is 12.3. The number of hydrogen-bond acceptors (Lipinski definition) is 3. The molecule has 4 nitrogen and oxygen atoms in total. The number of ketones is 2. The van der Waals surface area contributed by atoms with Gasteiger partial charge in [0.05, 0.1) is 17.8 Å². The Hall–Kier alpha value is -1.97. The average Bonchev–Trinajstić information content (AvgIpc) is 2.67. The van der Waals surface area contributed by atoms with Crippen molar-refractivity contribution in [3.63, 3.8) is 0 Å². The number of carbonyl (C=O) groups excluding carboxylic acids is 3. The third-order valence-electron chi connectivity index (χ3n) is 4.13. The van der Waals surface area contributed by atoms with Gasteiger partial charge < -0.3 is 0 Å². The van der Waals surface area contributed by atoms with Gasteiger partial charge in [-0.05, 0) is 37.5 Å². The van der Waals surface area contributed by atoms with Crippen LogP contribution in [0.5, 0.6) is 0 Å². The van der Waals surface area contributed by atoms with E-state index in [2.05, 4.69) is 0 Å². The minimum absolute atomic E-state index is 0.0117. The topological polar surface area (TPSA) is 54.5 Å². The van der Waals surface area contributed by atoms with Crippen LogP contribution in [0.2, 0.25) is 0 Å². The summed E-state index contributed by atoms with van der Waals surface area (Å²) in [7, 11) is 0. The van der Waals surface area contributed by atoms with Gasteiger partial charge in [-0.3, -0.25) is 19.3 Å². The molecule has 1 aliphatic heterocycles. The maximum atomic E-state index is 12.1. The first-order valence-electron chi connectivity index (χ1n) is 6.87. The highest BCUT2D eigenvalue weighted by Gasteiger charge is 2.38. The third kappa shape index (κ3) is 2.15. The Bertz CT molecular complexity index is 604. The zero-order valence-electron chi connectivity index (χ0n) is 12.3. The van der Waals surface area contributed by atoms with Crippen molar-refractivity contribution in [2.75, 3.05) is 11.4 Å². The molecule has 4 heteroatoms. The number of benzene rings is 1. The van der Waals surface area contributed by atoms with Crippen molar-refractivity contribution >= 4 is 23.2 Å². The van der Waals surface area contributed by atoms with E-state index >= 15 is 0 Å². The molecule has 20 heavy (non-hydrogen) atoms. The molecule has 0 radical (unpaired) electrons. The first-order chi connectivity index (χ1) is 9.38. The van der Waals surface area contributed by atoms with E-state index in [1.807, 2.05) is 33.8 Å². The third-order valence-corrected chi connectivity index (χ3v) is 4.13. The molecule has 0 fully saturated rings. The molecule has 0 saturated carbocycles. The highest BCUT2D eigenvalue weighted by Crippen LogP contribution is 2.34. The van der Waals surface area contributed by atoms with E-state index in [0.29, 0.717) is 11.3 Å². The number of hydrogen-bond donors (Lipinski definition) is 0. The Morgan fingerprint density at radius 1 is 1.25 bits per heavy atom. The van der Waals surface area contributed by atoms with Gasteiger partial charge in [0.25, 0.3) is 11.7 Å². The molecule has 1 atom stereocenters. The largest absolute Gasteiger partial charge is 0.299 e. The van der Waals surface area contributed by atoms with Gasteiger partial charge in [-0.15, -0.1) is 0 Å². The summed E-state index contributed by atoms with van der Waals surface area (Å²) in [6.07, 6.45) is 0.731. The number of nitrogens with zero attached hydrogens (tertiary/aromatic N) is 1. The van der Waals surface area contributed by atoms with E-state index < -0.39 is 11.7 Å². The number of carbonyl (C=O) groups is 3. The molecule has 1 heterocycles. The second-order valence-corrected chi connectivity index (χ2v) is 5.40. The van der Waals surface area contributed by atoms with Crippen molar-refractivity contribution < 1.29 is 14.4 Å². The van der Waals surface area contributed by atoms with Crippen LogP contribution in [0, 0.1) is 19.8 Å². The SMILES string of the molecule is CCC(C)C(=O)CN1C(=O)C(=O)c2ccc(C)c(C)c21. The zero-order chi connectivity index (χ0) is 15.0. The fraction of sp³-hybridized carbons (Fsp3) is 0.438. The van der Waals surface area contributed by atoms with E-state index in [-0.39, 0.29) is 18.2 Å². The Morgan fingerprint density at radius 2 is 1.90 bits per heavy atom. The standard InChI is InChI=1S/C16H19NO3/c1-5-9(2)13(18)8-17-14-11(4)10(3)6-7-12(14)15(19)16(17)20/h6-7,9H,5,8H2,1-4H3. The monoisotopic (exact) mass is 273 g/mol. The van der Waals surface area contributed by atoms with Crippen molar-refractivity contribution in [2.45, 2.75) is 34.1 Å². The summed E-state index contributed by atoms with van der Waals surface area (Å²) in [6, 6.07) is 3.50. The number of anilines is 1. The predicted molar refractivity (Wildman–Crippen MR) is 77.1 cm³/mol. The molecule has 0 bridgehead atoms. The minimum Gasteiger partial charge on any atom is -0.297 e. The Morgan fingerprint density at radius 3 is 2.50 bits per heavy atom. The first-order valence-corrected chi connectivity index (χ1v) is 6.87. The summed E-state index contributed by atoms with van der Waals surface area (Å²) in [4.78, 5) is 37.5. The lowest BCUT2D eigenvalue weighted by atomic mass is 10.0. The Kier molecular flexibility index (Phi) is 3.75. The predicted octanol–water partition coefficient (Wildman–Crippen LogP) is 2.45. The molecule has 0 aromatic heterocycles. The second-order valence-electron chi connectivity index (χ2n) is 5.40. The fourth-order valence-corrected chi connectivity index (χ4v) is 2.36. The smallest absolute Gasteiger partial charge is 0.297 e. The molecule has 1 aliphatic rings. The summed E-state index contributed by atoms with van der Waals surface area (Å²) in [5.41, 5.74) is 2.91. The van der Waals surface area contributed by atoms with Gasteiger partial charge in [-0.1, -0.05) is 19.9 Å². The van der Waals surface area contributed by atoms with Crippen molar-refractivity contribution in [2.24, 2.45) is 5.92 Å². The van der Waals surface area contributed by atoms with Crippen LogP contribution >= 0.6 is 0 Å². The molecular weight excluding hydrogens is 254 g/mol. The maximum Gasteiger partial charge on any atom is 0.299 e. The lowest BCUT2D eigenvalue weighted by Crippen LogP contribution is -2.36. The number of Topliss-reactive ketones (excluding diaryl/α,β-unsaturated/α-hetero) is 2. The summed E-state index contributed by atoms with van der Waals surface area (Å²) >= 11 is 0. The molecule has 0 spiro atoms. The van der Waals surface area contributed by atoms with Gasteiger partial charge in [0.2, 0.25) is 0 Å². The molecule has 0 aliphatic carbocycles. The van der Waals surface area contributed by atoms with Gasteiger partial charge in [0.15, 0.2) is 5.78 Å². The van der Waals surface area contributed by atoms with Crippen LogP contribution in [0.25, 0.3) is 0 Å². The van der Waals surface area contributed by atoms with Crippen molar-refractivity contribution in [3.05, 3.63) is 28.8 Å². The molecular formula is C16H19NO3. The lowest BCUT2D eigenvalue weighted by molar-refractivity contribution is -0.123. The molecule has 1 aromatic rings. The van der Waals surface area contributed by atoms with Crippen LogP contribution < -0.4 is 4.90 Å². The molecule has 1 aromatic carbocycles. The number of amides is 1. The van der Waals surface area contributed by atoms with Crippen LogP contribution in [0.3, 0.4) is 0 Å². The summed E-state index contributed by atoms with van der Waals surface area (Å²) in [6.45, 7) is 7.56. The molecule has 2 rings (SSSR count). The summed E-state index contributed by atoms with van der Waals surface area (Å²) in [5, 5.41) is 0. The summed E-state index contributed by atoms with van der Waals surface area (Å²) < 4.78 is 0. The van der Waals surface area contributed by atoms with E-state index in [9.17, 15) is 14.4 Å². The Balaban J connectivity index is 2.42. The van der Waals surface area contributed by atoms with Crippen LogP contribution in [-0.4, -0.2) is 24.0 Å². The van der Waals surface area contributed by atoms with Crippen LogP contribution in [-0.2, 0) is 9.59 Å². The average molecular weight is 273 g/mol. The minimum atomic E-state index is -0.592. The lowest BCUT2D eigenvalue weighted by Gasteiger charge is -2.20. The summed E-state index contributed by atoms with van der Waals surface area (Å²) in [5.74, 6) is -1.22. The van der Waals surface area contributed by atoms with Gasteiger partial charge in [0.1, 0.15) is 0 Å². The normalized spacial score (nSPS) is 15.5. The number of fused-ring (bicyclic) bond motifs is 1. The molecule has 0 N–H and O–H groups in total. The van der Waals surface area contributed by atoms with Crippen LogP contribution in [0.1, 0.15) is 41.8 Å². The van der Waals surface area contributed by atoms with Crippen LogP contribution in [0.4, 0.5) is 5.69 Å². The molecule has 0 saturated heterocycles. The van der Waals surface area contributed by atoms with Crippen molar-refractivity contribution in [1.82, 2.24) is 0 Å². The van der Waals surface area contributed by atoms with Crippen molar-refractivity contribution in [1.29, 1.82) is 0 Å². The second kappa shape index (κ2) is 5.19. The highest BCUT2D eigenvalue weighted by molar-refractivity contribution is 6.52. The Labute approximate surface area is 118 Å². The number of rotatable bonds is 4. The van der Waals surface area contributed by atoms with Gasteiger partial charge in [0, 0.05) is 5.92 Å². The van der Waals surface area contributed by atoms with Crippen molar-refractivity contribution in [3.8, 4) is 0 Å². The van der Waals surface area contributed by atoms with E-state index in [4.69, 9.17) is 0 Å². The van der Waals surface area contributed by atoms with E-state index in [1.54, 1.807) is 6.07 Å². The maximum absolute atomic E-state index is 12.1. The van der Waals surface area contributed by atoms with Gasteiger partial charge in [-0.25, -0.2) is 0 Å². The molecule has 1 unspecified atom stereocenters. The highest BCUT2D eigenvalue weighted by atomic mass is 16.2. The van der Waals surface area contributed by atoms with Gasteiger partial charge >= 0.3 is 0 Å². The van der Waals surface area contributed by atoms with E-state index in [1.165, 1.54) is 4.90 Å².